The van der Waals surface area contributed by atoms with Crippen molar-refractivity contribution in [2.75, 3.05) is 4.90 Å². The van der Waals surface area contributed by atoms with Crippen LogP contribution in [-0.4, -0.2) is 12.3 Å². The Balaban J connectivity index is 1.21. The van der Waals surface area contributed by atoms with Crippen molar-refractivity contribution >= 4 is 11.3 Å². The van der Waals surface area contributed by atoms with E-state index in [0.717, 1.165) is 0 Å². The maximum atomic E-state index is 3.99. The third-order valence-electron chi connectivity index (χ3n) is 10.6. The second kappa shape index (κ2) is 10.7. The molecule has 0 radical (unpaired) electrons. The van der Waals surface area contributed by atoms with E-state index in [0.29, 0.717) is 0 Å². The molecular weight excluding hydrogens is 560 g/mol. The quantitative estimate of drug-likeness (QED) is 0.194. The van der Waals surface area contributed by atoms with E-state index in [1.807, 2.05) is 0 Å². The van der Waals surface area contributed by atoms with Crippen LogP contribution in [0.4, 0.5) is 5.69 Å². The van der Waals surface area contributed by atoms with Gasteiger partial charge in [0, 0.05) is 17.0 Å². The van der Waals surface area contributed by atoms with Crippen molar-refractivity contribution in [1.29, 1.82) is 0 Å². The number of hydrogen-bond donors (Lipinski definition) is 3. The third-order valence-corrected chi connectivity index (χ3v) is 10.6. The van der Waals surface area contributed by atoms with Crippen LogP contribution in [-0.2, 0) is 5.41 Å². The van der Waals surface area contributed by atoms with Gasteiger partial charge in [0.15, 0.2) is 0 Å². The van der Waals surface area contributed by atoms with Crippen LogP contribution in [0.15, 0.2) is 151 Å². The van der Waals surface area contributed by atoms with Crippen LogP contribution in [0.25, 0.3) is 16.7 Å². The predicted octanol–water partition coefficient (Wildman–Crippen LogP) is 8.40. The van der Waals surface area contributed by atoms with Crippen LogP contribution in [0.5, 0.6) is 0 Å². The number of nitrogens with one attached hydrogen (secondary N) is 3. The molecule has 226 valence electrons. The zero-order chi connectivity index (χ0) is 30.8. The Morgan fingerprint density at radius 3 is 1.89 bits per heavy atom. The topological polar surface area (TPSA) is 39.3 Å². The standard InChI is InChI=1S/C42H38N4/c1-42(2)33-21-13-12-20-31(33)37-34(42)24-25-35-38(37)32-23-22-30(27-14-6-3-7-15-27)26-36(32)46(35)41-44-39(28-16-8-4-9-17-28)43-40(45-41)29-18-10-5-11-19-29/h3-26,35,38-41,43-45H,1-2H3. The molecule has 2 aliphatic heterocycles. The second-order valence-electron chi connectivity index (χ2n) is 13.5. The van der Waals surface area contributed by atoms with Gasteiger partial charge in [-0.1, -0.05) is 153 Å². The second-order valence-corrected chi connectivity index (χ2v) is 13.5. The summed E-state index contributed by atoms with van der Waals surface area (Å²) in [6.07, 6.45) is 4.70. The van der Waals surface area contributed by atoms with Crippen LogP contribution in [0.3, 0.4) is 0 Å². The maximum Gasteiger partial charge on any atom is 0.138 e. The SMILES string of the molecule is CC1(C)C2=C(c3ccccc31)C1c3ccc(-c4ccccc4)cc3N(C3NC(c4ccccc4)NC(c4ccccc4)N3)C1C=C2. The number of fused-ring (bicyclic) bond motifs is 6. The van der Waals surface area contributed by atoms with Crippen LogP contribution in [0, 0.1) is 0 Å². The molecule has 46 heavy (non-hydrogen) atoms. The molecule has 4 unspecified atom stereocenters. The zero-order valence-electron chi connectivity index (χ0n) is 26.2. The van der Waals surface area contributed by atoms with Crippen molar-refractivity contribution in [2.24, 2.45) is 0 Å². The third kappa shape index (κ3) is 4.25. The summed E-state index contributed by atoms with van der Waals surface area (Å²) in [6, 6.07) is 48.6. The Bertz CT molecular complexity index is 1930. The number of nitrogens with zero attached hydrogens (tertiary/aromatic N) is 1. The molecule has 0 saturated carbocycles. The van der Waals surface area contributed by atoms with Gasteiger partial charge in [-0.05, 0) is 56.2 Å². The molecular formula is C42H38N4. The summed E-state index contributed by atoms with van der Waals surface area (Å²) >= 11 is 0. The fourth-order valence-corrected chi connectivity index (χ4v) is 8.37. The fourth-order valence-electron chi connectivity index (χ4n) is 8.37. The average molecular weight is 599 g/mol. The van der Waals surface area contributed by atoms with Crippen molar-refractivity contribution < 1.29 is 0 Å². The Morgan fingerprint density at radius 2 is 1.22 bits per heavy atom. The van der Waals surface area contributed by atoms with Gasteiger partial charge in [0.2, 0.25) is 0 Å². The highest BCUT2D eigenvalue weighted by Crippen LogP contribution is 2.59. The molecule has 4 atom stereocenters. The zero-order valence-corrected chi connectivity index (χ0v) is 26.2. The van der Waals surface area contributed by atoms with Gasteiger partial charge in [-0.15, -0.1) is 0 Å². The highest BCUT2D eigenvalue weighted by atomic mass is 15.5. The van der Waals surface area contributed by atoms with E-state index in [2.05, 4.69) is 180 Å². The monoisotopic (exact) mass is 598 g/mol. The molecule has 2 aliphatic carbocycles. The smallest absolute Gasteiger partial charge is 0.138 e. The first-order chi connectivity index (χ1) is 22.6. The minimum Gasteiger partial charge on any atom is -0.336 e. The molecule has 5 aromatic carbocycles. The van der Waals surface area contributed by atoms with Crippen molar-refractivity contribution in [3.05, 3.63) is 179 Å². The summed E-state index contributed by atoms with van der Waals surface area (Å²) < 4.78 is 0. The van der Waals surface area contributed by atoms with E-state index < -0.39 is 0 Å². The molecule has 3 N–H and O–H groups in total. The van der Waals surface area contributed by atoms with Gasteiger partial charge >= 0.3 is 0 Å². The van der Waals surface area contributed by atoms with Crippen molar-refractivity contribution in [3.63, 3.8) is 0 Å². The lowest BCUT2D eigenvalue weighted by Gasteiger charge is -2.46. The van der Waals surface area contributed by atoms with Gasteiger partial charge in [0.05, 0.1) is 18.4 Å². The van der Waals surface area contributed by atoms with E-state index >= 15 is 0 Å². The minimum absolute atomic E-state index is 0.0347. The van der Waals surface area contributed by atoms with E-state index in [1.165, 1.54) is 55.8 Å². The van der Waals surface area contributed by atoms with Crippen molar-refractivity contribution in [1.82, 2.24) is 16.0 Å². The molecule has 2 heterocycles. The highest BCUT2D eigenvalue weighted by molar-refractivity contribution is 5.92. The number of rotatable bonds is 4. The molecule has 1 saturated heterocycles. The van der Waals surface area contributed by atoms with Gasteiger partial charge < -0.3 is 4.90 Å². The lowest BCUT2D eigenvalue weighted by molar-refractivity contribution is 0.193. The first-order valence-electron chi connectivity index (χ1n) is 16.5. The molecule has 1 fully saturated rings. The van der Waals surface area contributed by atoms with E-state index in [9.17, 15) is 0 Å². The number of hydrogen-bond acceptors (Lipinski definition) is 4. The Kier molecular flexibility index (Phi) is 6.39. The van der Waals surface area contributed by atoms with Crippen molar-refractivity contribution in [3.8, 4) is 11.1 Å². The summed E-state index contributed by atoms with van der Waals surface area (Å²) in [5, 5.41) is 11.8. The number of benzene rings is 5. The van der Waals surface area contributed by atoms with Gasteiger partial charge in [-0.25, -0.2) is 0 Å². The molecule has 4 aliphatic rings. The Labute approximate surface area is 271 Å². The van der Waals surface area contributed by atoms with Crippen LogP contribution < -0.4 is 20.9 Å². The summed E-state index contributed by atoms with van der Waals surface area (Å²) in [7, 11) is 0. The largest absolute Gasteiger partial charge is 0.336 e. The first kappa shape index (κ1) is 27.6. The average Bonchev–Trinajstić information content (AvgIpc) is 3.57. The van der Waals surface area contributed by atoms with Crippen LogP contribution >= 0.6 is 0 Å². The Hall–Kier alpha value is -4.74. The molecule has 0 amide bonds. The lowest BCUT2D eigenvalue weighted by atomic mass is 9.76. The number of allylic oxidation sites excluding steroid dienone is 2. The molecule has 4 nitrogen and oxygen atoms in total. The van der Waals surface area contributed by atoms with E-state index in [1.54, 1.807) is 0 Å². The van der Waals surface area contributed by atoms with E-state index in [4.69, 9.17) is 0 Å². The maximum absolute atomic E-state index is 3.99. The summed E-state index contributed by atoms with van der Waals surface area (Å²) in [4.78, 5) is 2.62. The highest BCUT2D eigenvalue weighted by Gasteiger charge is 2.50. The molecule has 4 heteroatoms. The lowest BCUT2D eigenvalue weighted by Crippen LogP contribution is -2.66. The fraction of sp³-hybridized carbons (Fsp3) is 0.190. The van der Waals surface area contributed by atoms with Gasteiger partial charge in [0.1, 0.15) is 6.29 Å². The normalized spacial score (nSPS) is 25.5. The molecule has 0 aromatic heterocycles. The van der Waals surface area contributed by atoms with Crippen molar-refractivity contribution in [2.45, 2.75) is 49.8 Å². The van der Waals surface area contributed by atoms with Gasteiger partial charge in [0.25, 0.3) is 0 Å². The van der Waals surface area contributed by atoms with Gasteiger partial charge in [-0.2, -0.15) is 0 Å². The molecule has 0 spiro atoms. The molecule has 9 rings (SSSR count). The number of anilines is 1. The van der Waals surface area contributed by atoms with E-state index in [-0.39, 0.29) is 36.0 Å². The summed E-state index contributed by atoms with van der Waals surface area (Å²) in [5.74, 6) is 0.228. The molecule has 5 aromatic rings. The molecule has 0 bridgehead atoms. The van der Waals surface area contributed by atoms with Gasteiger partial charge in [-0.3, -0.25) is 16.0 Å². The minimum atomic E-state index is -0.132. The summed E-state index contributed by atoms with van der Waals surface area (Å²) in [6.45, 7) is 4.77. The summed E-state index contributed by atoms with van der Waals surface area (Å²) in [5.41, 5.74) is 13.3. The first-order valence-corrected chi connectivity index (χ1v) is 16.5. The van der Waals surface area contributed by atoms with Crippen LogP contribution in [0.2, 0.25) is 0 Å². The predicted molar refractivity (Wildman–Crippen MR) is 188 cm³/mol. The Morgan fingerprint density at radius 1 is 0.609 bits per heavy atom. The van der Waals surface area contributed by atoms with Crippen LogP contribution in [0.1, 0.15) is 59.9 Å².